The van der Waals surface area contributed by atoms with Gasteiger partial charge in [-0.05, 0) is 56.4 Å². The zero-order valence-corrected chi connectivity index (χ0v) is 21.1. The molecule has 0 aliphatic carbocycles. The molecule has 13 heteroatoms. The third-order valence-corrected chi connectivity index (χ3v) is 6.90. The van der Waals surface area contributed by atoms with E-state index in [0.717, 1.165) is 17.0 Å². The first-order valence-electron chi connectivity index (χ1n) is 11.5. The second-order valence-electron chi connectivity index (χ2n) is 9.36. The fraction of sp³-hybridized carbons (Fsp3) is 0.360. The second kappa shape index (κ2) is 9.75. The number of anilines is 2. The zero-order chi connectivity index (χ0) is 28.0. The number of nitriles is 1. The van der Waals surface area contributed by atoms with Crippen molar-refractivity contribution in [1.29, 1.82) is 5.26 Å². The number of nitrogens with zero attached hydrogens (tertiary/aromatic N) is 4. The number of piperidine rings is 1. The van der Waals surface area contributed by atoms with E-state index in [9.17, 15) is 22.8 Å². The van der Waals surface area contributed by atoms with Crippen LogP contribution in [0.4, 0.5) is 33.7 Å². The Bertz CT molecular complexity index is 1350. The lowest BCUT2D eigenvalue weighted by molar-refractivity contribution is -0.137. The number of benzene rings is 2. The average Bonchev–Trinajstić information content (AvgIpc) is 3.03. The standard InChI is InChI=1S/C25H22F4N4O4S/c1-24(2)21(34)32(15-4-3-14(13-30)18(11-15)25(27,28)29)22(38)33(24)16-5-6-20(19(26)12-16)37-17-7-9-31(10-8-17)23(35)36/h3-6,11-12,17H,7-10H2,1-2H3,(H,35,36). The predicted octanol–water partition coefficient (Wildman–Crippen LogP) is 5.15. The molecule has 2 fully saturated rings. The maximum atomic E-state index is 15.1. The Balaban J connectivity index is 1.60. The van der Waals surface area contributed by atoms with Crippen LogP contribution in [0.3, 0.4) is 0 Å². The van der Waals surface area contributed by atoms with Crippen molar-refractivity contribution in [3.8, 4) is 11.8 Å². The van der Waals surface area contributed by atoms with Crippen molar-refractivity contribution in [3.05, 3.63) is 53.3 Å². The molecule has 2 heterocycles. The van der Waals surface area contributed by atoms with Crippen LogP contribution in [-0.4, -0.2) is 51.9 Å². The fourth-order valence-corrected chi connectivity index (χ4v) is 5.05. The molecule has 0 spiro atoms. The van der Waals surface area contributed by atoms with Crippen LogP contribution in [0.25, 0.3) is 0 Å². The Hall–Kier alpha value is -3.92. The number of carboxylic acid groups (broad SMARTS) is 1. The lowest BCUT2D eigenvalue weighted by Crippen LogP contribution is -2.44. The van der Waals surface area contributed by atoms with Gasteiger partial charge in [0, 0.05) is 37.7 Å². The highest BCUT2D eigenvalue weighted by Gasteiger charge is 2.51. The molecule has 0 atom stereocenters. The first-order chi connectivity index (χ1) is 17.8. The minimum absolute atomic E-state index is 0.0597. The molecule has 4 rings (SSSR count). The van der Waals surface area contributed by atoms with Gasteiger partial charge in [-0.15, -0.1) is 0 Å². The van der Waals surface area contributed by atoms with Crippen molar-refractivity contribution < 1.29 is 37.0 Å². The SMILES string of the molecule is CC1(C)C(=O)N(c2ccc(C#N)c(C(F)(F)F)c2)C(=S)N1c1ccc(OC2CCN(C(=O)O)CC2)c(F)c1. The van der Waals surface area contributed by atoms with E-state index >= 15 is 4.39 Å². The van der Waals surface area contributed by atoms with Gasteiger partial charge in [0.1, 0.15) is 11.6 Å². The van der Waals surface area contributed by atoms with Gasteiger partial charge in [-0.25, -0.2) is 9.18 Å². The molecule has 0 unspecified atom stereocenters. The smallest absolute Gasteiger partial charge is 0.417 e. The van der Waals surface area contributed by atoms with Crippen molar-refractivity contribution in [3.63, 3.8) is 0 Å². The third kappa shape index (κ3) is 4.83. The van der Waals surface area contributed by atoms with E-state index in [2.05, 4.69) is 0 Å². The van der Waals surface area contributed by atoms with Gasteiger partial charge in [0.15, 0.2) is 16.7 Å². The van der Waals surface area contributed by atoms with E-state index in [4.69, 9.17) is 27.3 Å². The largest absolute Gasteiger partial charge is 0.487 e. The number of rotatable bonds is 4. The highest BCUT2D eigenvalue weighted by Crippen LogP contribution is 2.40. The number of ether oxygens (including phenoxy) is 1. The first-order valence-corrected chi connectivity index (χ1v) is 11.9. The maximum Gasteiger partial charge on any atom is 0.417 e. The number of carbonyl (C=O) groups is 2. The lowest BCUT2D eigenvalue weighted by Gasteiger charge is -2.31. The van der Waals surface area contributed by atoms with Crippen LogP contribution >= 0.6 is 12.2 Å². The van der Waals surface area contributed by atoms with E-state index in [1.54, 1.807) is 0 Å². The Morgan fingerprint density at radius 1 is 1.16 bits per heavy atom. The van der Waals surface area contributed by atoms with Gasteiger partial charge >= 0.3 is 12.3 Å². The summed E-state index contributed by atoms with van der Waals surface area (Å²) in [5.74, 6) is -1.44. The van der Waals surface area contributed by atoms with Crippen molar-refractivity contribution in [2.45, 2.75) is 44.5 Å². The van der Waals surface area contributed by atoms with Gasteiger partial charge in [0.2, 0.25) is 0 Å². The topological polar surface area (TPSA) is 97.1 Å². The summed E-state index contributed by atoms with van der Waals surface area (Å²) in [5, 5.41) is 18.0. The summed E-state index contributed by atoms with van der Waals surface area (Å²) in [5.41, 5.74) is -3.16. The van der Waals surface area contributed by atoms with Crippen molar-refractivity contribution in [2.75, 3.05) is 22.9 Å². The lowest BCUT2D eigenvalue weighted by atomic mass is 10.0. The summed E-state index contributed by atoms with van der Waals surface area (Å²) < 4.78 is 61.4. The molecule has 8 nitrogen and oxygen atoms in total. The van der Waals surface area contributed by atoms with Crippen LogP contribution in [0, 0.1) is 17.1 Å². The predicted molar refractivity (Wildman–Crippen MR) is 132 cm³/mol. The maximum absolute atomic E-state index is 15.1. The number of hydrogen-bond donors (Lipinski definition) is 1. The number of amides is 2. The molecule has 2 aliphatic rings. The number of alkyl halides is 3. The minimum Gasteiger partial charge on any atom is -0.487 e. The molecular formula is C25H22F4N4O4S. The van der Waals surface area contributed by atoms with Crippen molar-refractivity contribution in [2.24, 2.45) is 0 Å². The van der Waals surface area contributed by atoms with Crippen LogP contribution < -0.4 is 14.5 Å². The molecule has 200 valence electrons. The molecule has 2 aromatic rings. The number of carbonyl (C=O) groups excluding carboxylic acids is 1. The summed E-state index contributed by atoms with van der Waals surface area (Å²) in [6.45, 7) is 3.54. The van der Waals surface area contributed by atoms with Gasteiger partial charge in [-0.3, -0.25) is 9.69 Å². The highest BCUT2D eigenvalue weighted by atomic mass is 32.1. The minimum atomic E-state index is -4.83. The Morgan fingerprint density at radius 2 is 1.79 bits per heavy atom. The van der Waals surface area contributed by atoms with Gasteiger partial charge in [-0.2, -0.15) is 18.4 Å². The fourth-order valence-electron chi connectivity index (χ4n) is 4.53. The first kappa shape index (κ1) is 27.1. The van der Waals surface area contributed by atoms with E-state index in [-0.39, 0.29) is 41.4 Å². The molecule has 1 N–H and O–H groups in total. The molecule has 0 saturated carbocycles. The van der Waals surface area contributed by atoms with Gasteiger partial charge < -0.3 is 19.6 Å². The number of hydrogen-bond acceptors (Lipinski definition) is 5. The molecule has 0 radical (unpaired) electrons. The molecule has 2 aromatic carbocycles. The van der Waals surface area contributed by atoms with Crippen LogP contribution in [0.15, 0.2) is 36.4 Å². The third-order valence-electron chi connectivity index (χ3n) is 6.54. The van der Waals surface area contributed by atoms with E-state index in [1.807, 2.05) is 0 Å². The number of thiocarbonyl (C=S) groups is 1. The Morgan fingerprint density at radius 3 is 2.34 bits per heavy atom. The van der Waals surface area contributed by atoms with Gasteiger partial charge in [0.25, 0.3) is 5.91 Å². The molecule has 2 amide bonds. The summed E-state index contributed by atoms with van der Waals surface area (Å²) in [4.78, 5) is 27.9. The Labute approximate surface area is 220 Å². The van der Waals surface area contributed by atoms with E-state index in [0.29, 0.717) is 18.9 Å². The highest BCUT2D eigenvalue weighted by molar-refractivity contribution is 7.81. The molecule has 0 bridgehead atoms. The van der Waals surface area contributed by atoms with Crippen LogP contribution in [0.5, 0.6) is 5.75 Å². The summed E-state index contributed by atoms with van der Waals surface area (Å²) in [7, 11) is 0. The Kier molecular flexibility index (Phi) is 6.96. The van der Waals surface area contributed by atoms with Gasteiger partial charge in [0.05, 0.1) is 22.9 Å². The van der Waals surface area contributed by atoms with Crippen LogP contribution in [-0.2, 0) is 11.0 Å². The normalized spacial score (nSPS) is 18.1. The number of likely N-dealkylation sites (tertiary alicyclic amines) is 1. The molecule has 2 aliphatic heterocycles. The molecule has 2 saturated heterocycles. The average molecular weight is 551 g/mol. The monoisotopic (exact) mass is 550 g/mol. The van der Waals surface area contributed by atoms with Crippen LogP contribution in [0.2, 0.25) is 0 Å². The zero-order valence-electron chi connectivity index (χ0n) is 20.3. The quantitative estimate of drug-likeness (QED) is 0.415. The van der Waals surface area contributed by atoms with Crippen LogP contribution in [0.1, 0.15) is 37.8 Å². The number of halogens is 4. The van der Waals surface area contributed by atoms with Gasteiger partial charge in [-0.1, -0.05) is 0 Å². The summed E-state index contributed by atoms with van der Waals surface area (Å²) in [6.07, 6.45) is -5.45. The van der Waals surface area contributed by atoms with E-state index < -0.39 is 40.7 Å². The summed E-state index contributed by atoms with van der Waals surface area (Å²) >= 11 is 5.47. The second-order valence-corrected chi connectivity index (χ2v) is 9.72. The molecular weight excluding hydrogens is 528 g/mol. The van der Waals surface area contributed by atoms with E-state index in [1.165, 1.54) is 47.9 Å². The molecule has 0 aromatic heterocycles. The van der Waals surface area contributed by atoms with Crippen molar-refractivity contribution >= 4 is 40.7 Å². The molecule has 38 heavy (non-hydrogen) atoms. The van der Waals surface area contributed by atoms with Crippen molar-refractivity contribution in [1.82, 2.24) is 4.90 Å². The summed E-state index contributed by atoms with van der Waals surface area (Å²) in [6, 6.07) is 8.31.